The number of ether oxygens (including phenoxy) is 1. The summed E-state index contributed by atoms with van der Waals surface area (Å²) in [7, 11) is 0. The largest absolute Gasteiger partial charge is 0.493 e. The smallest absolute Gasteiger partial charge is 0.122 e. The lowest BCUT2D eigenvalue weighted by atomic mass is 10.0. The number of benzene rings is 1. The van der Waals surface area contributed by atoms with Crippen LogP contribution in [0.25, 0.3) is 0 Å². The first-order valence-electron chi connectivity index (χ1n) is 9.09. The minimum atomic E-state index is 0.872. The van der Waals surface area contributed by atoms with E-state index in [9.17, 15) is 0 Å². The summed E-state index contributed by atoms with van der Waals surface area (Å²) < 4.78 is 6.00. The predicted octanol–water partition coefficient (Wildman–Crippen LogP) is 6.55. The fraction of sp³-hybridized carbons (Fsp3) is 0.700. The Balaban J connectivity index is 2.23. The average Bonchev–Trinajstić information content (AvgIpc) is 2.52. The third-order valence-electron chi connectivity index (χ3n) is 4.03. The lowest BCUT2D eigenvalue weighted by molar-refractivity contribution is 0.301. The summed E-state index contributed by atoms with van der Waals surface area (Å²) in [6, 6.07) is 8.59. The van der Waals surface area contributed by atoms with Gasteiger partial charge in [0.15, 0.2) is 0 Å². The van der Waals surface area contributed by atoms with Crippen molar-refractivity contribution in [2.45, 2.75) is 84.5 Å². The quantitative estimate of drug-likeness (QED) is 0.374. The molecule has 0 radical (unpaired) electrons. The molecule has 0 unspecified atom stereocenters. The minimum Gasteiger partial charge on any atom is -0.493 e. The van der Waals surface area contributed by atoms with Crippen LogP contribution in [0.3, 0.4) is 0 Å². The minimum absolute atomic E-state index is 0.872. The van der Waals surface area contributed by atoms with E-state index in [1.54, 1.807) is 0 Å². The molecule has 0 aromatic heterocycles. The molecular weight excluding hydrogens is 256 g/mol. The number of aryl methyl sites for hydroxylation is 1. The van der Waals surface area contributed by atoms with Crippen molar-refractivity contribution in [2.75, 3.05) is 6.61 Å². The van der Waals surface area contributed by atoms with E-state index in [-0.39, 0.29) is 0 Å². The molecule has 0 saturated carbocycles. The Labute approximate surface area is 132 Å². The van der Waals surface area contributed by atoms with Crippen molar-refractivity contribution in [3.05, 3.63) is 29.8 Å². The molecule has 0 amide bonds. The molecule has 0 N–H and O–H groups in total. The topological polar surface area (TPSA) is 9.23 Å². The lowest BCUT2D eigenvalue weighted by Crippen LogP contribution is -2.00. The van der Waals surface area contributed by atoms with Crippen LogP contribution in [0.15, 0.2) is 24.3 Å². The van der Waals surface area contributed by atoms with E-state index in [1.807, 2.05) is 0 Å². The van der Waals surface area contributed by atoms with Gasteiger partial charge in [-0.25, -0.2) is 0 Å². The van der Waals surface area contributed by atoms with Crippen molar-refractivity contribution in [3.8, 4) is 5.75 Å². The first-order chi connectivity index (χ1) is 10.4. The van der Waals surface area contributed by atoms with Gasteiger partial charge in [0.25, 0.3) is 0 Å². The summed E-state index contributed by atoms with van der Waals surface area (Å²) in [5.74, 6) is 1.11. The third kappa shape index (κ3) is 8.80. The predicted molar refractivity (Wildman–Crippen MR) is 93.2 cm³/mol. The van der Waals surface area contributed by atoms with Gasteiger partial charge in [-0.15, -0.1) is 0 Å². The first kappa shape index (κ1) is 18.1. The maximum Gasteiger partial charge on any atom is 0.122 e. The molecule has 0 fully saturated rings. The van der Waals surface area contributed by atoms with Gasteiger partial charge in [-0.3, -0.25) is 0 Å². The average molecular weight is 290 g/mol. The van der Waals surface area contributed by atoms with Crippen molar-refractivity contribution in [3.63, 3.8) is 0 Å². The van der Waals surface area contributed by atoms with Crippen LogP contribution < -0.4 is 4.74 Å². The summed E-state index contributed by atoms with van der Waals surface area (Å²) in [5, 5.41) is 0. The number of hydrogen-bond donors (Lipinski definition) is 0. The summed E-state index contributed by atoms with van der Waals surface area (Å²) in [6.07, 6.45) is 14.4. The Kier molecular flexibility index (Phi) is 11.0. The van der Waals surface area contributed by atoms with E-state index in [2.05, 4.69) is 38.1 Å². The Morgan fingerprint density at radius 2 is 1.33 bits per heavy atom. The monoisotopic (exact) mass is 290 g/mol. The van der Waals surface area contributed by atoms with Crippen molar-refractivity contribution in [1.29, 1.82) is 0 Å². The van der Waals surface area contributed by atoms with Crippen LogP contribution in [0.4, 0.5) is 0 Å². The highest BCUT2D eigenvalue weighted by Gasteiger charge is 2.02. The van der Waals surface area contributed by atoms with Crippen LogP contribution >= 0.6 is 0 Å². The molecule has 0 aliphatic rings. The van der Waals surface area contributed by atoms with Crippen molar-refractivity contribution >= 4 is 0 Å². The maximum atomic E-state index is 6.00. The molecule has 0 bridgehead atoms. The van der Waals surface area contributed by atoms with Gasteiger partial charge < -0.3 is 4.74 Å². The van der Waals surface area contributed by atoms with E-state index in [4.69, 9.17) is 4.74 Å². The molecule has 0 atom stereocenters. The van der Waals surface area contributed by atoms with Crippen LogP contribution in [-0.2, 0) is 6.42 Å². The van der Waals surface area contributed by atoms with E-state index in [0.29, 0.717) is 0 Å². The summed E-state index contributed by atoms with van der Waals surface area (Å²) in [6.45, 7) is 5.40. The van der Waals surface area contributed by atoms with Gasteiger partial charge in [-0.2, -0.15) is 0 Å². The molecule has 0 aliphatic carbocycles. The van der Waals surface area contributed by atoms with E-state index >= 15 is 0 Å². The molecular formula is C20H34O. The second kappa shape index (κ2) is 12.7. The second-order valence-corrected chi connectivity index (χ2v) is 6.03. The molecule has 120 valence electrons. The zero-order chi connectivity index (χ0) is 15.2. The highest BCUT2D eigenvalue weighted by Crippen LogP contribution is 2.21. The van der Waals surface area contributed by atoms with Gasteiger partial charge in [0.2, 0.25) is 0 Å². The van der Waals surface area contributed by atoms with Crippen molar-refractivity contribution < 1.29 is 4.74 Å². The molecule has 1 heteroatoms. The molecule has 0 spiro atoms. The van der Waals surface area contributed by atoms with Gasteiger partial charge in [0.1, 0.15) is 5.75 Å². The summed E-state index contributed by atoms with van der Waals surface area (Å²) >= 11 is 0. The Bertz CT molecular complexity index is 345. The van der Waals surface area contributed by atoms with Gasteiger partial charge in [0, 0.05) is 0 Å². The van der Waals surface area contributed by atoms with Crippen molar-refractivity contribution in [2.24, 2.45) is 0 Å². The Morgan fingerprint density at radius 3 is 2.05 bits per heavy atom. The Hall–Kier alpha value is -0.980. The highest BCUT2D eigenvalue weighted by atomic mass is 16.5. The molecule has 0 heterocycles. The molecule has 1 aromatic carbocycles. The summed E-state index contributed by atoms with van der Waals surface area (Å²) in [4.78, 5) is 0. The second-order valence-electron chi connectivity index (χ2n) is 6.03. The lowest BCUT2D eigenvalue weighted by Gasteiger charge is -2.11. The van der Waals surface area contributed by atoms with Gasteiger partial charge >= 0.3 is 0 Å². The van der Waals surface area contributed by atoms with Gasteiger partial charge in [-0.1, -0.05) is 83.4 Å². The number of rotatable bonds is 13. The summed E-state index contributed by atoms with van der Waals surface area (Å²) in [5.41, 5.74) is 1.39. The third-order valence-corrected chi connectivity index (χ3v) is 4.03. The van der Waals surface area contributed by atoms with E-state index in [0.717, 1.165) is 18.8 Å². The van der Waals surface area contributed by atoms with Crippen LogP contribution in [0.2, 0.25) is 0 Å². The molecule has 21 heavy (non-hydrogen) atoms. The van der Waals surface area contributed by atoms with E-state index in [1.165, 1.54) is 69.8 Å². The van der Waals surface area contributed by atoms with Gasteiger partial charge in [0.05, 0.1) is 6.61 Å². The fourth-order valence-corrected chi connectivity index (χ4v) is 2.66. The maximum absolute atomic E-state index is 6.00. The molecule has 0 aliphatic heterocycles. The standard InChI is InChI=1S/C20H34O/c1-3-5-7-9-11-15-19-16-12-13-17-20(19)21-18-14-10-8-6-4-2/h12-13,16-17H,3-11,14-15,18H2,1-2H3. The fourth-order valence-electron chi connectivity index (χ4n) is 2.66. The molecule has 1 aromatic rings. The number of hydrogen-bond acceptors (Lipinski definition) is 1. The van der Waals surface area contributed by atoms with Crippen molar-refractivity contribution in [1.82, 2.24) is 0 Å². The number of para-hydroxylation sites is 1. The first-order valence-corrected chi connectivity index (χ1v) is 9.09. The molecule has 1 rings (SSSR count). The Morgan fingerprint density at radius 1 is 0.714 bits per heavy atom. The van der Waals surface area contributed by atoms with Crippen LogP contribution in [0.5, 0.6) is 5.75 Å². The number of unbranched alkanes of at least 4 members (excludes halogenated alkanes) is 8. The van der Waals surface area contributed by atoms with Crippen LogP contribution in [0, 0.1) is 0 Å². The SMILES string of the molecule is CCCCCCCOc1ccccc1CCCCCCC. The van der Waals surface area contributed by atoms with Gasteiger partial charge in [-0.05, 0) is 30.9 Å². The highest BCUT2D eigenvalue weighted by molar-refractivity contribution is 5.33. The van der Waals surface area contributed by atoms with Crippen LogP contribution in [0.1, 0.15) is 83.6 Å². The molecule has 0 saturated heterocycles. The zero-order valence-corrected chi connectivity index (χ0v) is 14.2. The molecule has 1 nitrogen and oxygen atoms in total. The van der Waals surface area contributed by atoms with Crippen LogP contribution in [-0.4, -0.2) is 6.61 Å². The zero-order valence-electron chi connectivity index (χ0n) is 14.2. The normalized spacial score (nSPS) is 10.8. The van der Waals surface area contributed by atoms with E-state index < -0.39 is 0 Å².